The molecule has 0 aliphatic heterocycles. The summed E-state index contributed by atoms with van der Waals surface area (Å²) in [6.45, 7) is 0.691. The van der Waals surface area contributed by atoms with Gasteiger partial charge in [-0.2, -0.15) is 0 Å². The first-order valence-electron chi connectivity index (χ1n) is 11.3. The van der Waals surface area contributed by atoms with Crippen LogP contribution in [0.1, 0.15) is 25.7 Å². The van der Waals surface area contributed by atoms with Gasteiger partial charge in [0.2, 0.25) is 13.6 Å². The van der Waals surface area contributed by atoms with Crippen LogP contribution < -0.4 is 11.5 Å². The Bertz CT molecular complexity index is 1330. The predicted molar refractivity (Wildman–Crippen MR) is 125 cm³/mol. The van der Waals surface area contributed by atoms with Gasteiger partial charge in [-0.1, -0.05) is 9.05 Å². The van der Waals surface area contributed by atoms with Crippen molar-refractivity contribution in [2.45, 2.75) is 50.0 Å². The summed E-state index contributed by atoms with van der Waals surface area (Å²) in [5.74, 6) is 0.656. The molecule has 16 heteroatoms. The van der Waals surface area contributed by atoms with Gasteiger partial charge in [-0.3, -0.25) is 0 Å². The monoisotopic (exact) mass is 515 g/mol. The summed E-state index contributed by atoms with van der Waals surface area (Å²) in [4.78, 5) is 24.9. The van der Waals surface area contributed by atoms with Gasteiger partial charge in [0, 0.05) is 4.57 Å². The first-order valence-corrected chi connectivity index (χ1v) is 12.4. The summed E-state index contributed by atoms with van der Waals surface area (Å²) >= 11 is 0. The van der Waals surface area contributed by atoms with Crippen molar-refractivity contribution in [3.63, 3.8) is 0 Å². The summed E-state index contributed by atoms with van der Waals surface area (Å²) in [5, 5.41) is 0. The second-order valence-electron chi connectivity index (χ2n) is 8.98. The lowest BCUT2D eigenvalue weighted by Crippen LogP contribution is -2.23. The zero-order valence-corrected chi connectivity index (χ0v) is 20.1. The normalized spacial score (nSPS) is 17.6. The Kier molecular flexibility index (Phi) is 5.73. The van der Waals surface area contributed by atoms with Crippen LogP contribution in [0, 0.1) is 0 Å². The van der Waals surface area contributed by atoms with E-state index < -0.39 is 19.5 Å². The minimum Gasteiger partial charge on any atom is -0.382 e. The smallest absolute Gasteiger partial charge is 0.382 e. The third-order valence-corrected chi connectivity index (χ3v) is 7.07. The van der Waals surface area contributed by atoms with E-state index in [2.05, 4.69) is 29.9 Å². The largest absolute Gasteiger partial charge is 0.702 e. The predicted octanol–water partition coefficient (Wildman–Crippen LogP) is 1.53. The van der Waals surface area contributed by atoms with E-state index in [4.69, 9.17) is 30.0 Å². The maximum atomic E-state index is 12.2. The van der Waals surface area contributed by atoms with Crippen molar-refractivity contribution in [2.75, 3.05) is 25.1 Å². The third-order valence-electron chi connectivity index (χ3n) is 6.44. The Morgan fingerprint density at radius 1 is 0.750 bits per heavy atom. The molecule has 2 saturated carbocycles. The van der Waals surface area contributed by atoms with E-state index in [0.717, 1.165) is 25.7 Å². The minimum absolute atomic E-state index is 0.174. The Balaban J connectivity index is 0.951. The number of rotatable bonds is 12. The number of fused-ring (bicyclic) bond motifs is 2. The van der Waals surface area contributed by atoms with E-state index in [1.165, 1.54) is 12.7 Å². The van der Waals surface area contributed by atoms with Gasteiger partial charge in [0.25, 0.3) is 0 Å². The van der Waals surface area contributed by atoms with Gasteiger partial charge >= 0.3 is 8.25 Å². The van der Waals surface area contributed by atoms with Crippen LogP contribution in [0.4, 0.5) is 11.6 Å². The third kappa shape index (κ3) is 4.58. The Morgan fingerprint density at radius 3 is 1.61 bits per heavy atom. The highest BCUT2D eigenvalue weighted by Crippen LogP contribution is 2.43. The van der Waals surface area contributed by atoms with Gasteiger partial charge in [0.05, 0.1) is 36.9 Å². The Morgan fingerprint density at radius 2 is 1.19 bits per heavy atom. The average molecular weight is 515 g/mol. The lowest BCUT2D eigenvalue weighted by Gasteiger charge is -2.16. The van der Waals surface area contributed by atoms with Crippen LogP contribution in [0.5, 0.6) is 0 Å². The highest BCUT2D eigenvalue weighted by molar-refractivity contribution is 7.33. The van der Waals surface area contributed by atoms with Crippen molar-refractivity contribution in [3.05, 3.63) is 25.3 Å². The van der Waals surface area contributed by atoms with Crippen molar-refractivity contribution >= 4 is 42.2 Å². The molecule has 36 heavy (non-hydrogen) atoms. The molecular formula is C20H24N10O5P+. The average Bonchev–Trinajstić information content (AvgIpc) is 3.71. The summed E-state index contributed by atoms with van der Waals surface area (Å²) in [6, 6.07) is 0. The van der Waals surface area contributed by atoms with E-state index in [0.29, 0.717) is 47.1 Å². The van der Waals surface area contributed by atoms with Crippen molar-refractivity contribution in [1.82, 2.24) is 39.0 Å². The summed E-state index contributed by atoms with van der Waals surface area (Å²) < 4.78 is 38.1. The molecule has 6 rings (SSSR count). The molecule has 0 aromatic carbocycles. The van der Waals surface area contributed by atoms with Gasteiger partial charge in [-0.05, 0) is 25.7 Å². The topological polar surface area (TPSA) is 193 Å². The number of hydrogen-bond acceptors (Lipinski definition) is 13. The van der Waals surface area contributed by atoms with Crippen molar-refractivity contribution in [3.8, 4) is 0 Å². The number of aromatic nitrogens is 8. The molecule has 0 radical (unpaired) electrons. The molecule has 0 unspecified atom stereocenters. The maximum absolute atomic E-state index is 12.2. The van der Waals surface area contributed by atoms with Crippen LogP contribution in [0.2, 0.25) is 0 Å². The second kappa shape index (κ2) is 8.94. The van der Waals surface area contributed by atoms with Crippen LogP contribution in [-0.2, 0) is 36.2 Å². The highest BCUT2D eigenvalue weighted by atomic mass is 31.1. The van der Waals surface area contributed by atoms with Crippen LogP contribution >= 0.6 is 8.25 Å². The van der Waals surface area contributed by atoms with E-state index in [1.807, 2.05) is 9.13 Å². The zero-order valence-electron chi connectivity index (χ0n) is 19.2. The molecule has 2 aliphatic rings. The van der Waals surface area contributed by atoms with E-state index >= 15 is 0 Å². The van der Waals surface area contributed by atoms with Crippen molar-refractivity contribution in [2.24, 2.45) is 0 Å². The lowest BCUT2D eigenvalue weighted by molar-refractivity contribution is -0.0808. The molecule has 4 heterocycles. The summed E-state index contributed by atoms with van der Waals surface area (Å²) in [5.41, 5.74) is 13.2. The van der Waals surface area contributed by atoms with Gasteiger partial charge < -0.3 is 30.1 Å². The molecule has 0 amide bonds. The maximum Gasteiger partial charge on any atom is 0.702 e. The standard InChI is InChI=1S/C20H24N10O5P/c21-15-13-17(25-7-23-15)29(9-27-13)5-19(1-2-19)32-11-34-36(31)35-12-33-20(3-4-20)6-30-10-28-14-16(22)24-8-26-18(14)30/h7-10H,1-6,11-12H2,(H2,21,23,25)(H2,22,24,26)/q+1. The lowest BCUT2D eigenvalue weighted by atomic mass is 10.3. The fourth-order valence-corrected chi connectivity index (χ4v) is 4.40. The first kappa shape index (κ1) is 23.1. The second-order valence-corrected chi connectivity index (χ2v) is 9.94. The number of imidazole rings is 2. The zero-order chi connectivity index (χ0) is 24.8. The van der Waals surface area contributed by atoms with Gasteiger partial charge in [-0.15, -0.1) is 0 Å². The van der Waals surface area contributed by atoms with E-state index in [9.17, 15) is 4.57 Å². The van der Waals surface area contributed by atoms with Crippen LogP contribution in [-0.4, -0.2) is 63.8 Å². The molecule has 2 fully saturated rings. The molecule has 188 valence electrons. The molecule has 4 aromatic rings. The van der Waals surface area contributed by atoms with Gasteiger partial charge in [0.1, 0.15) is 23.7 Å². The molecule has 0 saturated heterocycles. The molecule has 4 N–H and O–H groups in total. The molecule has 0 spiro atoms. The van der Waals surface area contributed by atoms with Crippen molar-refractivity contribution in [1.29, 1.82) is 0 Å². The van der Waals surface area contributed by atoms with Crippen LogP contribution in [0.25, 0.3) is 22.3 Å². The number of ether oxygens (including phenoxy) is 2. The fourth-order valence-electron chi connectivity index (χ4n) is 4.05. The van der Waals surface area contributed by atoms with E-state index in [1.54, 1.807) is 12.7 Å². The number of anilines is 2. The SMILES string of the molecule is Nc1ncnc2c1ncn2CC1(OCO[P+](=O)OCOC2(Cn3cnc4c(N)ncnc43)CC2)CC1. The fraction of sp³-hybridized carbons (Fsp3) is 0.500. The number of nitrogens with two attached hydrogens (primary N) is 2. The Hall–Kier alpha value is -3.36. The molecular weight excluding hydrogens is 491 g/mol. The molecule has 0 bridgehead atoms. The molecule has 15 nitrogen and oxygen atoms in total. The highest BCUT2D eigenvalue weighted by Gasteiger charge is 2.47. The van der Waals surface area contributed by atoms with E-state index in [-0.39, 0.29) is 13.6 Å². The Labute approximate surface area is 205 Å². The number of nitrogens with zero attached hydrogens (tertiary/aromatic N) is 8. The summed E-state index contributed by atoms with van der Waals surface area (Å²) in [7, 11) is -2.41. The quantitative estimate of drug-likeness (QED) is 0.204. The molecule has 2 aliphatic carbocycles. The first-order chi connectivity index (χ1) is 17.5. The van der Waals surface area contributed by atoms with Crippen LogP contribution in [0.15, 0.2) is 25.3 Å². The van der Waals surface area contributed by atoms with Crippen molar-refractivity contribution < 1.29 is 23.1 Å². The summed E-state index contributed by atoms with van der Waals surface area (Å²) in [6.07, 6.45) is 9.44. The van der Waals surface area contributed by atoms with Gasteiger partial charge in [-0.25, -0.2) is 29.9 Å². The minimum atomic E-state index is -2.41. The molecule has 4 aromatic heterocycles. The number of nitrogen functional groups attached to an aromatic ring is 2. The van der Waals surface area contributed by atoms with Gasteiger partial charge in [0.15, 0.2) is 22.9 Å². The molecule has 0 atom stereocenters. The number of hydrogen-bond donors (Lipinski definition) is 2. The van der Waals surface area contributed by atoms with Crippen LogP contribution in [0.3, 0.4) is 0 Å².